The van der Waals surface area contributed by atoms with Gasteiger partial charge >= 0.3 is 75.3 Å². The third-order valence-corrected chi connectivity index (χ3v) is 0. The molecule has 0 unspecified atom stereocenters. The van der Waals surface area contributed by atoms with Crippen molar-refractivity contribution < 1.29 is 20.3 Å². The predicted molar refractivity (Wildman–Crippen MR) is 27.0 cm³/mol. The molecule has 0 rings (SSSR count). The maximum absolute atomic E-state index is 2.42. The molecular formula is H7AuMgSiSn. The maximum atomic E-state index is 2.42. The Bertz CT molecular complexity index is 8.00. The summed E-state index contributed by atoms with van der Waals surface area (Å²) in [5.41, 5.74) is 0. The molecule has 0 fully saturated rings. The van der Waals surface area contributed by atoms with E-state index in [1.165, 1.54) is 8.00 Å². The fourth-order valence-electron chi connectivity index (χ4n) is 0. The van der Waals surface area contributed by atoms with E-state index in [2.05, 4.69) is 20.3 Å². The molecular weight excluding hydrogens is 368 g/mol. The van der Waals surface area contributed by atoms with Crippen LogP contribution in [0, 0.1) is 0 Å². The Labute approximate surface area is 74.1 Å². The van der Waals surface area contributed by atoms with Crippen molar-refractivity contribution in [2.75, 3.05) is 0 Å². The van der Waals surface area contributed by atoms with Crippen LogP contribution in [-0.4, -0.2) is 55.0 Å². The third-order valence-electron chi connectivity index (χ3n) is 0. The summed E-state index contributed by atoms with van der Waals surface area (Å²) in [4.78, 5) is 0. The van der Waals surface area contributed by atoms with Gasteiger partial charge in [0, 0.05) is 0 Å². The first-order valence-corrected chi connectivity index (χ1v) is 7.40. The van der Waals surface area contributed by atoms with Gasteiger partial charge in [0.25, 0.3) is 0 Å². The Morgan fingerprint density at radius 1 is 1.25 bits per heavy atom. The SMILES string of the molecule is [MgH2].[SiH3][Au].[SnH2]. The summed E-state index contributed by atoms with van der Waals surface area (Å²) in [5, 5.41) is 0. The molecule has 2 radical (unpaired) electrons. The van der Waals surface area contributed by atoms with E-state index in [1.54, 1.807) is 0 Å². The van der Waals surface area contributed by atoms with E-state index >= 15 is 0 Å². The minimum atomic E-state index is 0. The molecule has 0 saturated carbocycles. The van der Waals surface area contributed by atoms with Crippen molar-refractivity contribution in [3.05, 3.63) is 0 Å². The molecule has 0 aromatic rings. The van der Waals surface area contributed by atoms with Crippen LogP contribution >= 0.6 is 0 Å². The predicted octanol–water partition coefficient (Wildman–Crippen LogP) is -3.02. The van der Waals surface area contributed by atoms with Gasteiger partial charge in [0.1, 0.15) is 0 Å². The van der Waals surface area contributed by atoms with Gasteiger partial charge in [-0.15, -0.1) is 0 Å². The van der Waals surface area contributed by atoms with E-state index in [0.29, 0.717) is 0 Å². The topological polar surface area (TPSA) is 0 Å². The average Bonchev–Trinajstić information content (AvgIpc) is 1.00. The zero-order valence-corrected chi connectivity index (χ0v) is 10.2. The van der Waals surface area contributed by atoms with E-state index in [0.717, 1.165) is 0 Å². The molecule has 28 valence electrons. The summed E-state index contributed by atoms with van der Waals surface area (Å²) in [6, 6.07) is 0. The van der Waals surface area contributed by atoms with Crippen LogP contribution in [0.1, 0.15) is 0 Å². The van der Waals surface area contributed by atoms with Gasteiger partial charge in [0.15, 0.2) is 0 Å². The monoisotopic (exact) mass is 376 g/mol. The van der Waals surface area contributed by atoms with Gasteiger partial charge in [0.05, 0.1) is 0 Å². The van der Waals surface area contributed by atoms with Crippen LogP contribution in [0.15, 0.2) is 0 Å². The van der Waals surface area contributed by atoms with E-state index in [9.17, 15) is 0 Å². The minimum absolute atomic E-state index is 0. The van der Waals surface area contributed by atoms with Crippen LogP contribution in [0.5, 0.6) is 0 Å². The standard InChI is InChI=1S/Au.Mg.H3Si.Sn.4H/h;;1H3;;;;;. The molecule has 0 N–H and O–H groups in total. The second-order valence-corrected chi connectivity index (χ2v) is 0. The van der Waals surface area contributed by atoms with Crippen molar-refractivity contribution in [2.45, 2.75) is 0 Å². The molecule has 0 aliphatic rings. The van der Waals surface area contributed by atoms with Crippen molar-refractivity contribution in [3.63, 3.8) is 0 Å². The van der Waals surface area contributed by atoms with Gasteiger partial charge in [-0.3, -0.25) is 0 Å². The van der Waals surface area contributed by atoms with Crippen molar-refractivity contribution in [1.82, 2.24) is 0 Å². The number of rotatable bonds is 0. The molecule has 0 nitrogen and oxygen atoms in total. The molecule has 4 heavy (non-hydrogen) atoms. The quantitative estimate of drug-likeness (QED) is 0.396. The third kappa shape index (κ3) is 8.82. The number of hydrogen-bond donors (Lipinski definition) is 0. The van der Waals surface area contributed by atoms with Gasteiger partial charge in [-0.1, -0.05) is 0 Å². The van der Waals surface area contributed by atoms with Crippen LogP contribution in [-0.2, 0) is 20.3 Å². The Hall–Kier alpha value is 2.52. The van der Waals surface area contributed by atoms with Gasteiger partial charge in [-0.2, -0.15) is 0 Å². The first-order valence-electron chi connectivity index (χ1n) is 0.302. The molecule has 0 bridgehead atoms. The molecule has 0 saturated heterocycles. The molecule has 0 aliphatic carbocycles. The molecule has 0 aliphatic heterocycles. The van der Waals surface area contributed by atoms with Crippen molar-refractivity contribution >= 4 is 55.0 Å². The normalized spacial score (nSPS) is 2.50. The van der Waals surface area contributed by atoms with Crippen LogP contribution < -0.4 is 0 Å². The fourth-order valence-corrected chi connectivity index (χ4v) is 0. The molecule has 0 atom stereocenters. The van der Waals surface area contributed by atoms with Gasteiger partial charge < -0.3 is 0 Å². The summed E-state index contributed by atoms with van der Waals surface area (Å²) in [5.74, 6) is 0. The molecule has 0 amide bonds. The van der Waals surface area contributed by atoms with Gasteiger partial charge in [0.2, 0.25) is 0 Å². The van der Waals surface area contributed by atoms with Crippen molar-refractivity contribution in [1.29, 1.82) is 0 Å². The second-order valence-electron chi connectivity index (χ2n) is 0. The zero-order chi connectivity index (χ0) is 2.00. The van der Waals surface area contributed by atoms with Crippen LogP contribution in [0.4, 0.5) is 0 Å². The van der Waals surface area contributed by atoms with Crippen LogP contribution in [0.25, 0.3) is 0 Å². The molecule has 0 aromatic carbocycles. The zero-order valence-electron chi connectivity index (χ0n) is 2.01. The second kappa shape index (κ2) is 17.8. The van der Waals surface area contributed by atoms with Crippen LogP contribution in [0.2, 0.25) is 0 Å². The van der Waals surface area contributed by atoms with E-state index in [1.807, 2.05) is 0 Å². The summed E-state index contributed by atoms with van der Waals surface area (Å²) in [6.45, 7) is 0. The summed E-state index contributed by atoms with van der Waals surface area (Å²) < 4.78 is 0. The Balaban J connectivity index is -0.00000000500. The molecule has 0 spiro atoms. The van der Waals surface area contributed by atoms with E-state index in [4.69, 9.17) is 0 Å². The fraction of sp³-hybridized carbons (Fsp3) is 0. The number of hydrogen-bond acceptors (Lipinski definition) is 0. The molecule has 0 aromatic heterocycles. The van der Waals surface area contributed by atoms with Crippen molar-refractivity contribution in [3.8, 4) is 0 Å². The first-order chi connectivity index (χ1) is 1.00. The Morgan fingerprint density at radius 3 is 1.25 bits per heavy atom. The first kappa shape index (κ1) is 16.0. The average molecular weight is 375 g/mol. The Morgan fingerprint density at radius 2 is 1.25 bits per heavy atom. The summed E-state index contributed by atoms with van der Waals surface area (Å²) in [7, 11) is 1.25. The molecule has 4 heteroatoms. The van der Waals surface area contributed by atoms with Crippen molar-refractivity contribution in [2.24, 2.45) is 0 Å². The Kier molecular flexibility index (Phi) is 71.2. The summed E-state index contributed by atoms with van der Waals surface area (Å²) >= 11 is 2.42. The molecule has 0 heterocycles. The van der Waals surface area contributed by atoms with Gasteiger partial charge in [-0.25, -0.2) is 0 Å². The van der Waals surface area contributed by atoms with E-state index in [-0.39, 0.29) is 47.0 Å². The van der Waals surface area contributed by atoms with Gasteiger partial charge in [-0.05, 0) is 0 Å². The van der Waals surface area contributed by atoms with Crippen LogP contribution in [0.3, 0.4) is 0 Å². The summed E-state index contributed by atoms with van der Waals surface area (Å²) in [6.07, 6.45) is 0. The van der Waals surface area contributed by atoms with E-state index < -0.39 is 0 Å².